The molecule has 0 radical (unpaired) electrons. The number of H-pyrrole nitrogens is 1. The second kappa shape index (κ2) is 7.84. The van der Waals surface area contributed by atoms with Crippen LogP contribution in [0.3, 0.4) is 0 Å². The van der Waals surface area contributed by atoms with Crippen LogP contribution in [0.4, 0.5) is 5.69 Å². The van der Waals surface area contributed by atoms with E-state index in [4.69, 9.17) is 20.6 Å². The van der Waals surface area contributed by atoms with E-state index in [1.54, 1.807) is 4.68 Å². The first-order valence-electron chi connectivity index (χ1n) is 10.2. The molecule has 158 valence electrons. The Morgan fingerprint density at radius 2 is 2.03 bits per heavy atom. The monoisotopic (exact) mass is 417 g/mol. The molecule has 1 aliphatic rings. The number of rotatable bonds is 5. The lowest BCUT2D eigenvalue weighted by Gasteiger charge is -2.29. The zero-order chi connectivity index (χ0) is 21.4. The molecule has 3 N–H and O–H groups in total. The van der Waals surface area contributed by atoms with E-state index in [1.165, 1.54) is 5.56 Å². The predicted octanol–water partition coefficient (Wildman–Crippen LogP) is 1.98. The number of anilines is 1. The predicted molar refractivity (Wildman–Crippen MR) is 117 cm³/mol. The van der Waals surface area contributed by atoms with Crippen molar-refractivity contribution in [2.75, 3.05) is 31.2 Å². The molecule has 0 bridgehead atoms. The van der Waals surface area contributed by atoms with E-state index in [-0.39, 0.29) is 6.42 Å². The molecule has 9 nitrogen and oxygen atoms in total. The number of primary amides is 1. The number of morpholine rings is 1. The van der Waals surface area contributed by atoms with Crippen molar-refractivity contribution in [3.63, 3.8) is 0 Å². The van der Waals surface area contributed by atoms with Crippen LogP contribution < -0.4 is 10.6 Å². The molecule has 1 aromatic carbocycles. The fourth-order valence-corrected chi connectivity index (χ4v) is 3.84. The Bertz CT molecular complexity index is 1250. The average molecular weight is 417 g/mol. The Balaban J connectivity index is 1.59. The van der Waals surface area contributed by atoms with Crippen LogP contribution in [-0.4, -0.2) is 56.9 Å². The maximum absolute atomic E-state index is 11.4. The Kier molecular flexibility index (Phi) is 4.87. The number of benzene rings is 1. The van der Waals surface area contributed by atoms with Crippen LogP contribution in [-0.2, 0) is 16.0 Å². The number of pyridine rings is 1. The van der Waals surface area contributed by atoms with Gasteiger partial charge in [0.15, 0.2) is 11.5 Å². The Hall–Kier alpha value is -3.72. The molecule has 1 amide bonds. The minimum Gasteiger partial charge on any atom is -0.378 e. The molecule has 1 fully saturated rings. The summed E-state index contributed by atoms with van der Waals surface area (Å²) in [7, 11) is 0. The van der Waals surface area contributed by atoms with Gasteiger partial charge in [-0.2, -0.15) is 5.10 Å². The zero-order valence-electron chi connectivity index (χ0n) is 17.2. The third-order valence-corrected chi connectivity index (χ3v) is 5.31. The number of nitrogens with zero attached hydrogens (tertiary/aromatic N) is 5. The normalized spacial score (nSPS) is 14.3. The van der Waals surface area contributed by atoms with Crippen molar-refractivity contribution in [3.8, 4) is 17.1 Å². The Morgan fingerprint density at radius 3 is 2.81 bits per heavy atom. The summed E-state index contributed by atoms with van der Waals surface area (Å²) in [6.45, 7) is 4.89. The largest absolute Gasteiger partial charge is 0.378 e. The van der Waals surface area contributed by atoms with Crippen LogP contribution in [0.25, 0.3) is 28.2 Å². The number of carbonyl (C=O) groups is 1. The van der Waals surface area contributed by atoms with Gasteiger partial charge in [-0.15, -0.1) is 0 Å². The van der Waals surface area contributed by atoms with Crippen LogP contribution in [0.5, 0.6) is 0 Å². The number of ether oxygens (including phenoxy) is 1. The van der Waals surface area contributed by atoms with E-state index in [0.717, 1.165) is 35.6 Å². The molecule has 3 aromatic heterocycles. The Labute approximate surface area is 178 Å². The molecule has 31 heavy (non-hydrogen) atoms. The quantitative estimate of drug-likeness (QED) is 0.513. The minimum atomic E-state index is -0.443. The summed E-state index contributed by atoms with van der Waals surface area (Å²) in [4.78, 5) is 26.0. The number of imidazole rings is 1. The summed E-state index contributed by atoms with van der Waals surface area (Å²) in [6.07, 6.45) is 1.93. The van der Waals surface area contributed by atoms with Gasteiger partial charge in [-0.3, -0.25) is 4.79 Å². The number of amides is 1. The summed E-state index contributed by atoms with van der Waals surface area (Å²) in [5, 5.41) is 4.74. The van der Waals surface area contributed by atoms with E-state index in [9.17, 15) is 4.79 Å². The number of carbonyl (C=O) groups excluding carboxylic acids is 1. The van der Waals surface area contributed by atoms with Crippen molar-refractivity contribution >= 4 is 22.8 Å². The SMILES string of the molecule is Cc1cccc(-c2ccn(-c3cc(N4CCOCC4)c4[nH]c(CC(N)=O)nc4n3)n2)c1. The summed E-state index contributed by atoms with van der Waals surface area (Å²) in [5.74, 6) is 0.717. The molecule has 0 aliphatic carbocycles. The average Bonchev–Trinajstić information content (AvgIpc) is 3.40. The molecule has 4 heterocycles. The van der Waals surface area contributed by atoms with Gasteiger partial charge < -0.3 is 20.4 Å². The second-order valence-electron chi connectivity index (χ2n) is 7.64. The second-order valence-corrected chi connectivity index (χ2v) is 7.64. The van der Waals surface area contributed by atoms with Crippen molar-refractivity contribution in [1.82, 2.24) is 24.7 Å². The number of nitrogens with two attached hydrogens (primary N) is 1. The van der Waals surface area contributed by atoms with E-state index in [1.807, 2.05) is 30.5 Å². The van der Waals surface area contributed by atoms with Crippen LogP contribution in [0.15, 0.2) is 42.6 Å². The van der Waals surface area contributed by atoms with Gasteiger partial charge in [0, 0.05) is 30.9 Å². The molecule has 5 rings (SSSR count). The van der Waals surface area contributed by atoms with E-state index >= 15 is 0 Å². The fourth-order valence-electron chi connectivity index (χ4n) is 3.84. The topological polar surface area (TPSA) is 115 Å². The van der Waals surface area contributed by atoms with Crippen LogP contribution in [0, 0.1) is 6.92 Å². The third-order valence-electron chi connectivity index (χ3n) is 5.31. The molecule has 4 aromatic rings. The fraction of sp³-hybridized carbons (Fsp3) is 0.273. The Morgan fingerprint density at radius 1 is 1.19 bits per heavy atom. The number of aromatic amines is 1. The van der Waals surface area contributed by atoms with Crippen molar-refractivity contribution in [1.29, 1.82) is 0 Å². The highest BCUT2D eigenvalue weighted by atomic mass is 16.5. The number of nitrogens with one attached hydrogen (secondary N) is 1. The number of hydrogen-bond donors (Lipinski definition) is 2. The summed E-state index contributed by atoms with van der Waals surface area (Å²) < 4.78 is 7.26. The lowest BCUT2D eigenvalue weighted by atomic mass is 10.1. The first kappa shape index (κ1) is 19.3. The van der Waals surface area contributed by atoms with Gasteiger partial charge in [0.1, 0.15) is 11.3 Å². The van der Waals surface area contributed by atoms with Gasteiger partial charge in [-0.25, -0.2) is 14.6 Å². The van der Waals surface area contributed by atoms with Gasteiger partial charge in [0.25, 0.3) is 0 Å². The maximum Gasteiger partial charge on any atom is 0.225 e. The zero-order valence-corrected chi connectivity index (χ0v) is 17.2. The number of aromatic nitrogens is 5. The third kappa shape index (κ3) is 3.87. The molecule has 0 saturated carbocycles. The minimum absolute atomic E-state index is 0.0352. The smallest absolute Gasteiger partial charge is 0.225 e. The van der Waals surface area contributed by atoms with Crippen molar-refractivity contribution < 1.29 is 9.53 Å². The van der Waals surface area contributed by atoms with Crippen LogP contribution in [0.1, 0.15) is 11.4 Å². The van der Waals surface area contributed by atoms with Gasteiger partial charge in [-0.1, -0.05) is 23.8 Å². The highest BCUT2D eigenvalue weighted by Gasteiger charge is 2.20. The van der Waals surface area contributed by atoms with Crippen LogP contribution >= 0.6 is 0 Å². The van der Waals surface area contributed by atoms with Crippen LogP contribution in [0.2, 0.25) is 0 Å². The summed E-state index contributed by atoms with van der Waals surface area (Å²) >= 11 is 0. The highest BCUT2D eigenvalue weighted by Crippen LogP contribution is 2.28. The summed E-state index contributed by atoms with van der Waals surface area (Å²) in [5.41, 5.74) is 10.7. The lowest BCUT2D eigenvalue weighted by molar-refractivity contribution is -0.117. The van der Waals surface area contributed by atoms with Crippen molar-refractivity contribution in [3.05, 3.63) is 54.0 Å². The molecule has 0 atom stereocenters. The number of aryl methyl sites for hydroxylation is 1. The first-order valence-corrected chi connectivity index (χ1v) is 10.2. The van der Waals surface area contributed by atoms with Gasteiger partial charge in [0.05, 0.1) is 31.0 Å². The molecule has 0 unspecified atom stereocenters. The van der Waals surface area contributed by atoms with E-state index < -0.39 is 5.91 Å². The van der Waals surface area contributed by atoms with Gasteiger partial charge in [0.2, 0.25) is 5.91 Å². The molecule has 1 aliphatic heterocycles. The van der Waals surface area contributed by atoms with E-state index in [0.29, 0.717) is 30.5 Å². The lowest BCUT2D eigenvalue weighted by Crippen LogP contribution is -2.36. The molecule has 1 saturated heterocycles. The standard InChI is InChI=1S/C22H23N7O2/c1-14-3-2-4-15(11-14)16-5-6-29(27-16)20-12-17(28-7-9-31-10-8-28)21-22(26-20)25-19(24-21)13-18(23)30/h2-6,11-12H,7-10,13H2,1H3,(H2,23,30)(H,24,25,26). The first-order chi connectivity index (χ1) is 15.1. The van der Waals surface area contributed by atoms with Crippen molar-refractivity contribution in [2.24, 2.45) is 5.73 Å². The van der Waals surface area contributed by atoms with E-state index in [2.05, 4.69) is 33.9 Å². The highest BCUT2D eigenvalue weighted by molar-refractivity contribution is 5.88. The summed E-state index contributed by atoms with van der Waals surface area (Å²) in [6, 6.07) is 12.2. The van der Waals surface area contributed by atoms with Crippen molar-refractivity contribution in [2.45, 2.75) is 13.3 Å². The number of hydrogen-bond acceptors (Lipinski definition) is 6. The van der Waals surface area contributed by atoms with Gasteiger partial charge in [-0.05, 0) is 19.1 Å². The van der Waals surface area contributed by atoms with Gasteiger partial charge >= 0.3 is 0 Å². The maximum atomic E-state index is 11.4. The molecular weight excluding hydrogens is 394 g/mol. The molecule has 9 heteroatoms. The molecule has 0 spiro atoms. The molecular formula is C22H23N7O2. The number of fused-ring (bicyclic) bond motifs is 1.